The van der Waals surface area contributed by atoms with Crippen molar-refractivity contribution in [2.75, 3.05) is 19.8 Å². The molecule has 5 nitrogen and oxygen atoms in total. The lowest BCUT2D eigenvalue weighted by atomic mass is 10.1. The lowest BCUT2D eigenvalue weighted by Crippen LogP contribution is -2.30. The van der Waals surface area contributed by atoms with Crippen molar-refractivity contribution in [2.45, 2.75) is 232 Å². The van der Waals surface area contributed by atoms with Crippen LogP contribution in [0.4, 0.5) is 0 Å². The highest BCUT2D eigenvalue weighted by Crippen LogP contribution is 2.12. The average molecular weight is 887 g/mol. The van der Waals surface area contributed by atoms with E-state index in [1.807, 2.05) is 6.08 Å². The first kappa shape index (κ1) is 60.6. The van der Waals surface area contributed by atoms with Gasteiger partial charge in [-0.3, -0.25) is 9.59 Å². The van der Waals surface area contributed by atoms with Crippen LogP contribution in [0.2, 0.25) is 0 Å². The van der Waals surface area contributed by atoms with Crippen molar-refractivity contribution in [1.82, 2.24) is 0 Å². The van der Waals surface area contributed by atoms with E-state index < -0.39 is 6.10 Å². The monoisotopic (exact) mass is 887 g/mol. The Bertz CT molecular complexity index is 1280. The van der Waals surface area contributed by atoms with Crippen molar-refractivity contribution in [1.29, 1.82) is 0 Å². The molecule has 0 amide bonds. The second-order valence-electron chi connectivity index (χ2n) is 17.0. The summed E-state index contributed by atoms with van der Waals surface area (Å²) in [6, 6.07) is 0. The minimum atomic E-state index is -0.583. The van der Waals surface area contributed by atoms with Crippen molar-refractivity contribution in [3.63, 3.8) is 0 Å². The van der Waals surface area contributed by atoms with Gasteiger partial charge in [-0.05, 0) is 109 Å². The molecule has 0 aliphatic carbocycles. The van der Waals surface area contributed by atoms with Crippen LogP contribution in [-0.4, -0.2) is 37.9 Å². The molecule has 0 saturated heterocycles. The summed E-state index contributed by atoms with van der Waals surface area (Å²) in [6.45, 7) is 7.53. The van der Waals surface area contributed by atoms with Crippen LogP contribution in [0.1, 0.15) is 226 Å². The Kier molecular flexibility index (Phi) is 51.0. The summed E-state index contributed by atoms with van der Waals surface area (Å²) in [4.78, 5) is 25.4. The maximum Gasteiger partial charge on any atom is 0.306 e. The molecular formula is C59H98O5. The Hall–Kier alpha value is -3.44. The van der Waals surface area contributed by atoms with E-state index >= 15 is 0 Å². The van der Waals surface area contributed by atoms with E-state index in [2.05, 4.69) is 124 Å². The molecule has 1 atom stereocenters. The highest BCUT2D eigenvalue weighted by atomic mass is 16.6. The third kappa shape index (κ3) is 51.2. The maximum atomic E-state index is 12.8. The topological polar surface area (TPSA) is 61.8 Å². The number of unbranched alkanes of at least 4 members (excludes halogenated alkanes) is 18. The minimum absolute atomic E-state index is 0.0319. The fourth-order valence-corrected chi connectivity index (χ4v) is 6.86. The molecule has 0 aromatic carbocycles. The number of ether oxygens (including phenoxy) is 3. The van der Waals surface area contributed by atoms with Crippen LogP contribution in [0.5, 0.6) is 0 Å². The lowest BCUT2D eigenvalue weighted by molar-refractivity contribution is -0.162. The summed E-state index contributed by atoms with van der Waals surface area (Å²) in [7, 11) is 0. The molecule has 0 fully saturated rings. The number of allylic oxidation sites excluding steroid dienone is 18. The van der Waals surface area contributed by atoms with Crippen LogP contribution < -0.4 is 0 Å². The third-order valence-electron chi connectivity index (χ3n) is 10.8. The molecule has 0 N–H and O–H groups in total. The number of hydrogen-bond acceptors (Lipinski definition) is 5. The number of esters is 2. The fourth-order valence-electron chi connectivity index (χ4n) is 6.86. The van der Waals surface area contributed by atoms with Crippen LogP contribution in [0.25, 0.3) is 0 Å². The predicted octanol–water partition coefficient (Wildman–Crippen LogP) is 18.0. The highest BCUT2D eigenvalue weighted by molar-refractivity contribution is 5.70. The lowest BCUT2D eigenvalue weighted by Gasteiger charge is -2.18. The number of carbonyl (C=O) groups is 2. The molecule has 0 saturated carbocycles. The van der Waals surface area contributed by atoms with E-state index in [1.54, 1.807) is 0 Å². The summed E-state index contributed by atoms with van der Waals surface area (Å²) in [5.74, 6) is -0.514. The first-order chi connectivity index (χ1) is 31.6. The van der Waals surface area contributed by atoms with Crippen molar-refractivity contribution in [3.05, 3.63) is 109 Å². The van der Waals surface area contributed by atoms with Gasteiger partial charge in [-0.1, -0.05) is 214 Å². The second-order valence-corrected chi connectivity index (χ2v) is 17.0. The molecule has 0 aromatic heterocycles. The zero-order chi connectivity index (χ0) is 46.3. The Morgan fingerprint density at radius 3 is 1.27 bits per heavy atom. The van der Waals surface area contributed by atoms with Gasteiger partial charge >= 0.3 is 11.9 Å². The molecule has 364 valence electrons. The zero-order valence-corrected chi connectivity index (χ0v) is 41.8. The van der Waals surface area contributed by atoms with Crippen LogP contribution in [0.15, 0.2) is 109 Å². The molecular weight excluding hydrogens is 789 g/mol. The van der Waals surface area contributed by atoms with Gasteiger partial charge in [-0.25, -0.2) is 0 Å². The Labute approximate surface area is 395 Å². The van der Waals surface area contributed by atoms with Gasteiger partial charge in [0.1, 0.15) is 6.61 Å². The van der Waals surface area contributed by atoms with Crippen molar-refractivity contribution >= 4 is 11.9 Å². The van der Waals surface area contributed by atoms with Crippen LogP contribution in [0.3, 0.4) is 0 Å². The quantitative estimate of drug-likeness (QED) is 0.0346. The summed E-state index contributed by atoms with van der Waals surface area (Å²) in [5, 5.41) is 0. The minimum Gasteiger partial charge on any atom is -0.462 e. The Morgan fingerprint density at radius 2 is 0.766 bits per heavy atom. The highest BCUT2D eigenvalue weighted by Gasteiger charge is 2.17. The zero-order valence-electron chi connectivity index (χ0n) is 41.8. The first-order valence-corrected chi connectivity index (χ1v) is 26.4. The summed E-state index contributed by atoms with van der Waals surface area (Å²) in [6.07, 6.45) is 73.9. The third-order valence-corrected chi connectivity index (χ3v) is 10.8. The molecule has 0 aromatic rings. The van der Waals surface area contributed by atoms with Gasteiger partial charge in [0.05, 0.1) is 6.61 Å². The Morgan fingerprint density at radius 1 is 0.359 bits per heavy atom. The molecule has 5 heteroatoms. The smallest absolute Gasteiger partial charge is 0.306 e. The summed E-state index contributed by atoms with van der Waals surface area (Å²) >= 11 is 0. The van der Waals surface area contributed by atoms with Gasteiger partial charge in [0.15, 0.2) is 6.10 Å². The predicted molar refractivity (Wildman–Crippen MR) is 279 cm³/mol. The van der Waals surface area contributed by atoms with Crippen molar-refractivity contribution in [3.8, 4) is 0 Å². The van der Waals surface area contributed by atoms with E-state index in [-0.39, 0.29) is 25.2 Å². The van der Waals surface area contributed by atoms with Crippen LogP contribution in [0, 0.1) is 0 Å². The Balaban J connectivity index is 4.43. The number of carbonyl (C=O) groups excluding carboxylic acids is 2. The van der Waals surface area contributed by atoms with Gasteiger partial charge in [0.2, 0.25) is 0 Å². The van der Waals surface area contributed by atoms with Crippen LogP contribution in [-0.2, 0) is 23.8 Å². The van der Waals surface area contributed by atoms with E-state index in [9.17, 15) is 9.59 Å². The summed E-state index contributed by atoms with van der Waals surface area (Å²) < 4.78 is 17.3. The molecule has 64 heavy (non-hydrogen) atoms. The molecule has 0 aliphatic heterocycles. The standard InChI is InChI=1S/C59H98O5/c1-4-7-10-13-16-19-22-25-28-29-30-31-33-34-37-40-43-46-49-52-58(60)63-56-57(55-62-54-51-48-45-42-39-36-27-24-21-18-15-12-9-6-3)64-59(61)53-50-47-44-41-38-35-32-26-23-20-17-14-11-8-5-2/h7,10,12,15-16,19,21,24-26,28,30-32,34,37,43,46,57H,4-6,8-9,11,13-14,17-18,20,22-23,27,29,33,35-36,38-42,44-45,47-56H2,1-3H3/b10-7-,15-12-,19-16-,24-21-,28-25-,31-30-,32-26-,37-34-,46-43-. The number of rotatable bonds is 47. The van der Waals surface area contributed by atoms with Gasteiger partial charge in [0.25, 0.3) is 0 Å². The second kappa shape index (κ2) is 53.9. The van der Waals surface area contributed by atoms with Gasteiger partial charge < -0.3 is 14.2 Å². The normalized spacial score (nSPS) is 13.1. The molecule has 1 unspecified atom stereocenters. The largest absolute Gasteiger partial charge is 0.462 e. The van der Waals surface area contributed by atoms with E-state index in [0.29, 0.717) is 25.9 Å². The van der Waals surface area contributed by atoms with E-state index in [0.717, 1.165) is 89.9 Å². The summed E-state index contributed by atoms with van der Waals surface area (Å²) in [5.41, 5.74) is 0. The fraction of sp³-hybridized carbons (Fsp3) is 0.661. The van der Waals surface area contributed by atoms with Gasteiger partial charge in [0, 0.05) is 19.4 Å². The molecule has 0 rings (SSSR count). The van der Waals surface area contributed by atoms with E-state index in [1.165, 1.54) is 96.3 Å². The van der Waals surface area contributed by atoms with Crippen molar-refractivity contribution < 1.29 is 23.8 Å². The molecule has 0 radical (unpaired) electrons. The van der Waals surface area contributed by atoms with Gasteiger partial charge in [-0.2, -0.15) is 0 Å². The number of hydrogen-bond donors (Lipinski definition) is 0. The van der Waals surface area contributed by atoms with Gasteiger partial charge in [-0.15, -0.1) is 0 Å². The SMILES string of the molecule is CC/C=C\C/C=C\C/C=C\C/C=C\C/C=C\C/C=C\CCC(=O)OCC(COCCCCCCCC/C=C\C/C=C\CCC)OC(=O)CCCCCCC/C=C\CCCCCCCC. The molecule has 0 aliphatic rings. The molecule has 0 bridgehead atoms. The van der Waals surface area contributed by atoms with E-state index in [4.69, 9.17) is 14.2 Å². The molecule has 0 heterocycles. The van der Waals surface area contributed by atoms with Crippen molar-refractivity contribution in [2.24, 2.45) is 0 Å². The maximum absolute atomic E-state index is 12.8. The van der Waals surface area contributed by atoms with Crippen LogP contribution >= 0.6 is 0 Å². The molecule has 0 spiro atoms. The first-order valence-electron chi connectivity index (χ1n) is 26.4. The average Bonchev–Trinajstić information content (AvgIpc) is 3.30.